The van der Waals surface area contributed by atoms with Crippen LogP contribution in [0.5, 0.6) is 0 Å². The Morgan fingerprint density at radius 1 is 1.50 bits per heavy atom. The fourth-order valence-electron chi connectivity index (χ4n) is 2.49. The number of nitrogens with two attached hydrogens (primary N) is 1. The summed E-state index contributed by atoms with van der Waals surface area (Å²) in [6.45, 7) is 3.83. The summed E-state index contributed by atoms with van der Waals surface area (Å²) in [4.78, 5) is 13.7. The van der Waals surface area contributed by atoms with Gasteiger partial charge < -0.3 is 10.6 Å². The van der Waals surface area contributed by atoms with Crippen LogP contribution in [0.4, 0.5) is 0 Å². The maximum Gasteiger partial charge on any atom is 0.226 e. The summed E-state index contributed by atoms with van der Waals surface area (Å²) < 4.78 is 0. The van der Waals surface area contributed by atoms with Crippen LogP contribution in [0.15, 0.2) is 18.2 Å². The number of primary amides is 1. The molecule has 2 N–H and O–H groups in total. The fraction of sp³-hybridized carbons (Fsp3) is 0.462. The lowest BCUT2D eigenvalue weighted by Gasteiger charge is -2.18. The molecule has 1 heterocycles. The van der Waals surface area contributed by atoms with Gasteiger partial charge in [-0.15, -0.1) is 0 Å². The molecule has 1 aliphatic heterocycles. The maximum absolute atomic E-state index is 11.5. The predicted octanol–water partition coefficient (Wildman–Crippen LogP) is 1.10. The van der Waals surface area contributed by atoms with Gasteiger partial charge in [-0.05, 0) is 30.2 Å². The van der Waals surface area contributed by atoms with Gasteiger partial charge in [-0.1, -0.05) is 25.1 Å². The molecule has 16 heavy (non-hydrogen) atoms. The zero-order chi connectivity index (χ0) is 11.7. The van der Waals surface area contributed by atoms with Gasteiger partial charge >= 0.3 is 0 Å². The zero-order valence-corrected chi connectivity index (χ0v) is 9.73. The van der Waals surface area contributed by atoms with Crippen molar-refractivity contribution >= 4 is 5.91 Å². The summed E-state index contributed by atoms with van der Waals surface area (Å²) in [5.41, 5.74) is 7.76. The molecule has 2 unspecified atom stereocenters. The third kappa shape index (κ3) is 1.95. The predicted molar refractivity (Wildman–Crippen MR) is 63.1 cm³/mol. The minimum absolute atomic E-state index is 0.195. The second kappa shape index (κ2) is 4.26. The lowest BCUT2D eigenvalue weighted by Crippen LogP contribution is -2.31. The number of hydrogen-bond donors (Lipinski definition) is 1. The average Bonchev–Trinajstić information content (AvgIpc) is 2.37. The lowest BCUT2D eigenvalue weighted by molar-refractivity contribution is -0.119. The van der Waals surface area contributed by atoms with Crippen molar-refractivity contribution in [2.75, 3.05) is 20.1 Å². The molecule has 2 rings (SSSR count). The minimum atomic E-state index is -0.242. The quantitative estimate of drug-likeness (QED) is 0.765. The topological polar surface area (TPSA) is 46.3 Å². The zero-order valence-electron chi connectivity index (χ0n) is 9.73. The molecule has 0 saturated heterocycles. The number of hydrogen-bond acceptors (Lipinski definition) is 2. The Balaban J connectivity index is 2.48. The first-order chi connectivity index (χ1) is 7.59. The highest BCUT2D eigenvalue weighted by molar-refractivity contribution is 5.82. The van der Waals surface area contributed by atoms with Crippen molar-refractivity contribution in [3.05, 3.63) is 35.4 Å². The molecule has 85 valence electrons. The summed E-state index contributed by atoms with van der Waals surface area (Å²) in [5.74, 6) is -0.0188. The Morgan fingerprint density at radius 3 is 2.94 bits per heavy atom. The van der Waals surface area contributed by atoms with Gasteiger partial charge in [0.1, 0.15) is 0 Å². The Hall–Kier alpha value is -1.35. The summed E-state index contributed by atoms with van der Waals surface area (Å²) in [7, 11) is 2.03. The molecule has 3 nitrogen and oxygen atoms in total. The largest absolute Gasteiger partial charge is 0.369 e. The fourth-order valence-corrected chi connectivity index (χ4v) is 2.49. The molecule has 2 atom stereocenters. The first-order valence-electron chi connectivity index (χ1n) is 5.57. The molecule has 1 aromatic carbocycles. The number of likely N-dealkylation sites (N-methyl/N-ethyl adjacent to an activating group) is 1. The normalized spacial score (nSPS) is 25.9. The van der Waals surface area contributed by atoms with Gasteiger partial charge in [0.2, 0.25) is 5.91 Å². The SMILES string of the molecule is CC1CN(C)CC(C(N)=O)c2cc[c]cc21. The van der Waals surface area contributed by atoms with Crippen molar-refractivity contribution in [3.63, 3.8) is 0 Å². The van der Waals surface area contributed by atoms with Crippen molar-refractivity contribution in [1.82, 2.24) is 4.90 Å². The van der Waals surface area contributed by atoms with Crippen LogP contribution >= 0.6 is 0 Å². The van der Waals surface area contributed by atoms with Gasteiger partial charge in [-0.2, -0.15) is 0 Å². The van der Waals surface area contributed by atoms with E-state index in [0.717, 1.165) is 12.1 Å². The Kier molecular flexibility index (Phi) is 2.97. The maximum atomic E-state index is 11.5. The van der Waals surface area contributed by atoms with Gasteiger partial charge in [0.25, 0.3) is 0 Å². The van der Waals surface area contributed by atoms with E-state index in [2.05, 4.69) is 17.9 Å². The third-order valence-electron chi connectivity index (χ3n) is 3.26. The van der Waals surface area contributed by atoms with Crippen LogP contribution in [-0.2, 0) is 4.79 Å². The number of carbonyl (C=O) groups excluding carboxylic acids is 1. The molecule has 0 aliphatic carbocycles. The molecular weight excluding hydrogens is 200 g/mol. The summed E-state index contributed by atoms with van der Waals surface area (Å²) in [5, 5.41) is 0. The Morgan fingerprint density at radius 2 is 2.25 bits per heavy atom. The summed E-state index contributed by atoms with van der Waals surface area (Å²) in [6.07, 6.45) is 0. The molecule has 0 saturated carbocycles. The van der Waals surface area contributed by atoms with E-state index in [0.29, 0.717) is 12.5 Å². The molecule has 0 spiro atoms. The van der Waals surface area contributed by atoms with Crippen LogP contribution < -0.4 is 5.73 Å². The summed E-state index contributed by atoms with van der Waals surface area (Å²) >= 11 is 0. The number of benzene rings is 1. The van der Waals surface area contributed by atoms with Crippen molar-refractivity contribution in [1.29, 1.82) is 0 Å². The van der Waals surface area contributed by atoms with Crippen LogP contribution in [0.25, 0.3) is 0 Å². The second-order valence-electron chi connectivity index (χ2n) is 4.63. The molecule has 0 fully saturated rings. The standard InChI is InChI=1S/C13H17N2O/c1-9-7-15(2)8-12(13(14)16)11-6-4-3-5-10(9)11/h4-6,9,12H,7-8H2,1-2H3,(H2,14,16). The molecule has 3 heteroatoms. The van der Waals surface area contributed by atoms with E-state index in [1.807, 2.05) is 25.2 Å². The number of carbonyl (C=O) groups is 1. The van der Waals surface area contributed by atoms with Crippen LogP contribution in [0.3, 0.4) is 0 Å². The van der Waals surface area contributed by atoms with Crippen LogP contribution in [0, 0.1) is 6.07 Å². The van der Waals surface area contributed by atoms with E-state index >= 15 is 0 Å². The molecule has 1 aliphatic rings. The highest BCUT2D eigenvalue weighted by atomic mass is 16.1. The van der Waals surface area contributed by atoms with Crippen molar-refractivity contribution in [3.8, 4) is 0 Å². The van der Waals surface area contributed by atoms with E-state index in [1.54, 1.807) is 0 Å². The molecule has 1 radical (unpaired) electrons. The van der Waals surface area contributed by atoms with E-state index in [1.165, 1.54) is 5.56 Å². The molecule has 1 amide bonds. The molecule has 0 aromatic heterocycles. The van der Waals surface area contributed by atoms with Crippen LogP contribution in [-0.4, -0.2) is 30.9 Å². The Labute approximate surface area is 96.2 Å². The van der Waals surface area contributed by atoms with Gasteiger partial charge in [0.15, 0.2) is 0 Å². The molecular formula is C13H17N2O. The second-order valence-corrected chi connectivity index (χ2v) is 4.63. The van der Waals surface area contributed by atoms with Gasteiger partial charge in [-0.25, -0.2) is 0 Å². The smallest absolute Gasteiger partial charge is 0.226 e. The number of nitrogens with zero attached hydrogens (tertiary/aromatic N) is 1. The minimum Gasteiger partial charge on any atom is -0.369 e. The summed E-state index contributed by atoms with van der Waals surface area (Å²) in [6, 6.07) is 8.89. The lowest BCUT2D eigenvalue weighted by atomic mass is 9.89. The third-order valence-corrected chi connectivity index (χ3v) is 3.26. The number of amides is 1. The first kappa shape index (κ1) is 11.1. The van der Waals surface area contributed by atoms with Crippen LogP contribution in [0.2, 0.25) is 0 Å². The van der Waals surface area contributed by atoms with Crippen molar-refractivity contribution < 1.29 is 4.79 Å². The Bertz CT molecular complexity index is 403. The van der Waals surface area contributed by atoms with E-state index < -0.39 is 0 Å². The van der Waals surface area contributed by atoms with E-state index in [4.69, 9.17) is 5.73 Å². The van der Waals surface area contributed by atoms with Gasteiger partial charge in [-0.3, -0.25) is 4.79 Å². The van der Waals surface area contributed by atoms with Gasteiger partial charge in [0, 0.05) is 13.1 Å². The molecule has 1 aromatic rings. The monoisotopic (exact) mass is 217 g/mol. The molecule has 0 bridgehead atoms. The highest BCUT2D eigenvalue weighted by Crippen LogP contribution is 2.30. The highest BCUT2D eigenvalue weighted by Gasteiger charge is 2.28. The average molecular weight is 217 g/mol. The van der Waals surface area contributed by atoms with Crippen LogP contribution in [0.1, 0.15) is 29.9 Å². The van der Waals surface area contributed by atoms with Crippen molar-refractivity contribution in [2.45, 2.75) is 18.8 Å². The van der Waals surface area contributed by atoms with E-state index in [9.17, 15) is 4.79 Å². The van der Waals surface area contributed by atoms with Crippen molar-refractivity contribution in [2.24, 2.45) is 5.73 Å². The van der Waals surface area contributed by atoms with E-state index in [-0.39, 0.29) is 11.8 Å². The number of fused-ring (bicyclic) bond motifs is 1. The first-order valence-corrected chi connectivity index (χ1v) is 5.57. The number of rotatable bonds is 1. The van der Waals surface area contributed by atoms with Gasteiger partial charge in [0.05, 0.1) is 5.92 Å².